The Balaban J connectivity index is 2.60. The van der Waals surface area contributed by atoms with Crippen LogP contribution in [0, 0.1) is 21.4 Å². The number of aliphatic hydroxyl groups excluding tert-OH is 1. The molecule has 0 bridgehead atoms. The molecule has 1 aromatic rings. The molecule has 150 valence electrons. The third-order valence-electron chi connectivity index (χ3n) is 4.74. The Morgan fingerprint density at radius 2 is 1.93 bits per heavy atom. The molecule has 1 N–H and O–H groups in total. The van der Waals surface area contributed by atoms with Crippen molar-refractivity contribution in [3.05, 3.63) is 45.7 Å². The first-order valence-electron chi connectivity index (χ1n) is 8.99. The van der Waals surface area contributed by atoms with Crippen molar-refractivity contribution >= 4 is 28.8 Å². The van der Waals surface area contributed by atoms with Crippen LogP contribution in [0.5, 0.6) is 0 Å². The van der Waals surface area contributed by atoms with Crippen LogP contribution in [-0.2, 0) is 14.3 Å². The van der Waals surface area contributed by atoms with Gasteiger partial charge in [0.2, 0.25) is 0 Å². The standard InChI is InChI=1S/C20H24N2O6/c1-5-6-15(23)16-14(21-12-7-9-13(10-8-12)22(26)27)11-20(2,3)17(18(16)24)19(25)28-4/h7-10,17,24H,5-6,11H2,1-4H3/t17-/m0/s1. The van der Waals surface area contributed by atoms with Gasteiger partial charge < -0.3 is 9.84 Å². The number of benzene rings is 1. The highest BCUT2D eigenvalue weighted by atomic mass is 16.6. The quantitative estimate of drug-likeness (QED) is 0.446. The van der Waals surface area contributed by atoms with E-state index in [1.807, 2.05) is 6.92 Å². The molecule has 0 aliphatic heterocycles. The number of ether oxygens (including phenoxy) is 1. The van der Waals surface area contributed by atoms with Gasteiger partial charge >= 0.3 is 5.97 Å². The molecule has 2 rings (SSSR count). The molecule has 0 saturated heterocycles. The minimum Gasteiger partial charge on any atom is -0.511 e. The Kier molecular flexibility index (Phi) is 6.33. The molecule has 0 spiro atoms. The number of nitrogens with zero attached hydrogens (tertiary/aromatic N) is 2. The average Bonchev–Trinajstić information content (AvgIpc) is 2.61. The summed E-state index contributed by atoms with van der Waals surface area (Å²) in [6.07, 6.45) is 1.04. The summed E-state index contributed by atoms with van der Waals surface area (Å²) in [6.45, 7) is 5.42. The number of rotatable bonds is 6. The van der Waals surface area contributed by atoms with Gasteiger partial charge in [0, 0.05) is 18.6 Å². The Morgan fingerprint density at radius 1 is 1.32 bits per heavy atom. The summed E-state index contributed by atoms with van der Waals surface area (Å²) in [5, 5.41) is 21.6. The van der Waals surface area contributed by atoms with Crippen molar-refractivity contribution in [3.63, 3.8) is 0 Å². The summed E-state index contributed by atoms with van der Waals surface area (Å²) in [5.41, 5.74) is 0.0130. The van der Waals surface area contributed by atoms with Gasteiger partial charge in [-0.1, -0.05) is 20.8 Å². The summed E-state index contributed by atoms with van der Waals surface area (Å²) in [7, 11) is 1.24. The number of esters is 1. The number of hydrogen-bond donors (Lipinski definition) is 1. The Labute approximate surface area is 163 Å². The van der Waals surface area contributed by atoms with Crippen molar-refractivity contribution in [1.29, 1.82) is 0 Å². The summed E-state index contributed by atoms with van der Waals surface area (Å²) in [5.74, 6) is -2.21. The van der Waals surface area contributed by atoms with Gasteiger partial charge in [0.05, 0.1) is 29.0 Å². The van der Waals surface area contributed by atoms with Crippen molar-refractivity contribution in [2.75, 3.05) is 7.11 Å². The maximum absolute atomic E-state index is 12.7. The number of nitro groups is 1. The smallest absolute Gasteiger partial charge is 0.316 e. The molecule has 0 saturated carbocycles. The number of methoxy groups -OCH3 is 1. The molecule has 0 unspecified atom stereocenters. The summed E-state index contributed by atoms with van der Waals surface area (Å²) in [4.78, 5) is 39.7. The fourth-order valence-electron chi connectivity index (χ4n) is 3.39. The van der Waals surface area contributed by atoms with Crippen molar-refractivity contribution < 1.29 is 24.4 Å². The lowest BCUT2D eigenvalue weighted by atomic mass is 9.67. The van der Waals surface area contributed by atoms with E-state index < -0.39 is 22.2 Å². The summed E-state index contributed by atoms with van der Waals surface area (Å²) >= 11 is 0. The second kappa shape index (κ2) is 8.33. The molecule has 0 aromatic heterocycles. The zero-order valence-corrected chi connectivity index (χ0v) is 16.4. The molecule has 0 heterocycles. The first kappa shape index (κ1) is 21.3. The molecule has 0 amide bonds. The largest absolute Gasteiger partial charge is 0.511 e. The van der Waals surface area contributed by atoms with E-state index in [0.29, 0.717) is 17.8 Å². The highest BCUT2D eigenvalue weighted by Gasteiger charge is 2.47. The van der Waals surface area contributed by atoms with Gasteiger partial charge in [-0.2, -0.15) is 0 Å². The van der Waals surface area contributed by atoms with Crippen LogP contribution >= 0.6 is 0 Å². The van der Waals surface area contributed by atoms with Crippen LogP contribution in [0.15, 0.2) is 40.6 Å². The second-order valence-corrected chi connectivity index (χ2v) is 7.39. The first-order chi connectivity index (χ1) is 13.1. The number of carbonyl (C=O) groups excluding carboxylic acids is 2. The van der Waals surface area contributed by atoms with Crippen molar-refractivity contribution in [2.24, 2.45) is 16.3 Å². The number of carbonyl (C=O) groups is 2. The SMILES string of the molecule is CCCC(=O)C1=C(O)[C@@H](C(=O)OC)C(C)(C)CC1=Nc1ccc([N+](=O)[O-])cc1. The van der Waals surface area contributed by atoms with E-state index in [-0.39, 0.29) is 35.6 Å². The number of aliphatic hydroxyl groups is 1. The lowest BCUT2D eigenvalue weighted by Gasteiger charge is -2.37. The minimum atomic E-state index is -0.968. The molecule has 8 nitrogen and oxygen atoms in total. The van der Waals surface area contributed by atoms with Crippen LogP contribution in [-0.4, -0.2) is 34.6 Å². The molecular weight excluding hydrogens is 364 g/mol. The Hall–Kier alpha value is -3.03. The third-order valence-corrected chi connectivity index (χ3v) is 4.74. The lowest BCUT2D eigenvalue weighted by Crippen LogP contribution is -2.41. The average molecular weight is 388 g/mol. The highest BCUT2D eigenvalue weighted by Crippen LogP contribution is 2.43. The molecule has 8 heteroatoms. The third kappa shape index (κ3) is 4.27. The van der Waals surface area contributed by atoms with Crippen molar-refractivity contribution in [2.45, 2.75) is 40.0 Å². The number of Topliss-reactive ketones (excluding diaryl/α,β-unsaturated/α-hetero) is 1. The van der Waals surface area contributed by atoms with E-state index in [2.05, 4.69) is 4.99 Å². The van der Waals surface area contributed by atoms with Crippen LogP contribution in [0.1, 0.15) is 40.0 Å². The first-order valence-corrected chi connectivity index (χ1v) is 8.99. The van der Waals surface area contributed by atoms with Gasteiger partial charge in [-0.3, -0.25) is 24.7 Å². The molecule has 28 heavy (non-hydrogen) atoms. The topological polar surface area (TPSA) is 119 Å². The second-order valence-electron chi connectivity index (χ2n) is 7.39. The normalized spacial score (nSPS) is 20.1. The van der Waals surface area contributed by atoms with Gasteiger partial charge in [-0.15, -0.1) is 0 Å². The maximum Gasteiger partial charge on any atom is 0.316 e. The number of allylic oxidation sites excluding steroid dienone is 1. The van der Waals surface area contributed by atoms with Crippen molar-refractivity contribution in [3.8, 4) is 0 Å². The van der Waals surface area contributed by atoms with Gasteiger partial charge in [0.25, 0.3) is 5.69 Å². The van der Waals surface area contributed by atoms with E-state index in [1.165, 1.54) is 31.4 Å². The fourth-order valence-corrected chi connectivity index (χ4v) is 3.39. The van der Waals surface area contributed by atoms with Gasteiger partial charge in [0.15, 0.2) is 5.78 Å². The summed E-state index contributed by atoms with van der Waals surface area (Å²) in [6, 6.07) is 5.59. The van der Waals surface area contributed by atoms with Gasteiger partial charge in [0.1, 0.15) is 11.7 Å². The predicted octanol–water partition coefficient (Wildman–Crippen LogP) is 4.07. The fraction of sp³-hybridized carbons (Fsp3) is 0.450. The van der Waals surface area contributed by atoms with Crippen LogP contribution in [0.25, 0.3) is 0 Å². The number of aliphatic imine (C=N–C) groups is 1. The molecule has 1 atom stereocenters. The molecule has 1 aliphatic rings. The van der Waals surface area contributed by atoms with E-state index >= 15 is 0 Å². The number of ketones is 1. The number of non-ortho nitro benzene ring substituents is 1. The van der Waals surface area contributed by atoms with Gasteiger partial charge in [-0.05, 0) is 30.4 Å². The Morgan fingerprint density at radius 3 is 2.43 bits per heavy atom. The molecule has 1 aliphatic carbocycles. The van der Waals surface area contributed by atoms with E-state index in [1.54, 1.807) is 13.8 Å². The van der Waals surface area contributed by atoms with Crippen LogP contribution in [0.4, 0.5) is 11.4 Å². The Bertz CT molecular complexity index is 852. The lowest BCUT2D eigenvalue weighted by molar-refractivity contribution is -0.384. The zero-order valence-electron chi connectivity index (χ0n) is 16.4. The molecular formula is C20H24N2O6. The number of nitro benzene ring substituents is 1. The summed E-state index contributed by atoms with van der Waals surface area (Å²) < 4.78 is 4.82. The molecule has 0 fully saturated rings. The van der Waals surface area contributed by atoms with Gasteiger partial charge in [-0.25, -0.2) is 0 Å². The maximum atomic E-state index is 12.7. The monoisotopic (exact) mass is 388 g/mol. The van der Waals surface area contributed by atoms with E-state index in [0.717, 1.165) is 0 Å². The predicted molar refractivity (Wildman–Crippen MR) is 104 cm³/mol. The molecule has 1 aromatic carbocycles. The van der Waals surface area contributed by atoms with E-state index in [4.69, 9.17) is 4.74 Å². The van der Waals surface area contributed by atoms with Crippen LogP contribution < -0.4 is 0 Å². The van der Waals surface area contributed by atoms with Crippen molar-refractivity contribution in [1.82, 2.24) is 0 Å². The number of hydrogen-bond acceptors (Lipinski definition) is 7. The van der Waals surface area contributed by atoms with Crippen LogP contribution in [0.3, 0.4) is 0 Å². The van der Waals surface area contributed by atoms with E-state index in [9.17, 15) is 24.8 Å². The minimum absolute atomic E-state index is 0.0370. The zero-order chi connectivity index (χ0) is 21.1. The van der Waals surface area contributed by atoms with Crippen LogP contribution in [0.2, 0.25) is 0 Å². The highest BCUT2D eigenvalue weighted by molar-refractivity contribution is 6.24. The molecule has 0 radical (unpaired) electrons.